The number of rotatable bonds is 3. The van der Waals surface area contributed by atoms with Crippen LogP contribution in [0.1, 0.15) is 13.8 Å². The van der Waals surface area contributed by atoms with Crippen LogP contribution < -0.4 is 0 Å². The number of allylic oxidation sites excluding steroid dienone is 1. The molecule has 0 aromatic carbocycles. The summed E-state index contributed by atoms with van der Waals surface area (Å²) in [4.78, 5) is 15.1. The van der Waals surface area contributed by atoms with E-state index in [9.17, 15) is 4.79 Å². The molecule has 12 heavy (non-hydrogen) atoms. The van der Waals surface area contributed by atoms with Gasteiger partial charge < -0.3 is 0 Å². The van der Waals surface area contributed by atoms with Crippen molar-refractivity contribution >= 4 is 11.5 Å². The number of carbonyl (C=O) groups excluding carboxylic acids is 1. The van der Waals surface area contributed by atoms with E-state index in [1.807, 2.05) is 13.8 Å². The van der Waals surface area contributed by atoms with E-state index in [2.05, 4.69) is 16.7 Å². The lowest BCUT2D eigenvalue weighted by Crippen LogP contribution is -2.13. The Kier molecular flexibility index (Phi) is 2.38. The van der Waals surface area contributed by atoms with Gasteiger partial charge in [0.05, 0.1) is 0 Å². The van der Waals surface area contributed by atoms with Crippen LogP contribution in [0.25, 0.3) is 5.70 Å². The van der Waals surface area contributed by atoms with Crippen LogP contribution in [0.3, 0.4) is 0 Å². The van der Waals surface area contributed by atoms with E-state index in [0.717, 1.165) is 0 Å². The highest BCUT2D eigenvalue weighted by atomic mass is 16.1. The molecule has 1 rings (SSSR count). The fourth-order valence-electron chi connectivity index (χ4n) is 0.794. The van der Waals surface area contributed by atoms with E-state index in [1.165, 1.54) is 17.3 Å². The molecule has 0 radical (unpaired) electrons. The van der Waals surface area contributed by atoms with E-state index in [4.69, 9.17) is 0 Å². The molecule has 1 aromatic rings. The first-order chi connectivity index (χ1) is 5.63. The molecule has 64 valence electrons. The number of Topliss-reactive ketones (excluding diaryl/α,β-unsaturated/α-hetero) is 1. The molecule has 1 aromatic heterocycles. The molecule has 0 saturated carbocycles. The van der Waals surface area contributed by atoms with Crippen molar-refractivity contribution in [3.05, 3.63) is 19.2 Å². The molecule has 0 amide bonds. The average Bonchev–Trinajstić information content (AvgIpc) is 2.53. The van der Waals surface area contributed by atoms with Crippen LogP contribution in [0, 0.1) is 5.92 Å². The van der Waals surface area contributed by atoms with Crippen LogP contribution in [0.15, 0.2) is 19.2 Å². The Morgan fingerprint density at radius 3 is 2.67 bits per heavy atom. The molecule has 0 atom stereocenters. The Morgan fingerprint density at radius 2 is 2.25 bits per heavy atom. The van der Waals surface area contributed by atoms with E-state index in [0.29, 0.717) is 5.70 Å². The SMILES string of the molecule is C=C(C(=O)C(C)C)n1cncn1. The van der Waals surface area contributed by atoms with E-state index >= 15 is 0 Å². The van der Waals surface area contributed by atoms with Crippen LogP contribution in [0.5, 0.6) is 0 Å². The summed E-state index contributed by atoms with van der Waals surface area (Å²) >= 11 is 0. The predicted octanol–water partition coefficient (Wildman–Crippen LogP) is 0.974. The van der Waals surface area contributed by atoms with Gasteiger partial charge in [-0.2, -0.15) is 5.10 Å². The largest absolute Gasteiger partial charge is 0.292 e. The Labute approximate surface area is 70.9 Å². The van der Waals surface area contributed by atoms with Crippen LogP contribution in [0.4, 0.5) is 0 Å². The molecule has 0 fully saturated rings. The van der Waals surface area contributed by atoms with Gasteiger partial charge in [-0.05, 0) is 0 Å². The van der Waals surface area contributed by atoms with Crippen molar-refractivity contribution in [3.8, 4) is 0 Å². The predicted molar refractivity (Wildman–Crippen MR) is 45.2 cm³/mol. The number of hydrogen-bond acceptors (Lipinski definition) is 3. The summed E-state index contributed by atoms with van der Waals surface area (Å²) in [6, 6.07) is 0. The van der Waals surface area contributed by atoms with Gasteiger partial charge in [-0.15, -0.1) is 0 Å². The highest BCUT2D eigenvalue weighted by Gasteiger charge is 2.13. The Hall–Kier alpha value is -1.45. The van der Waals surface area contributed by atoms with Gasteiger partial charge in [0, 0.05) is 5.92 Å². The maximum Gasteiger partial charge on any atom is 0.183 e. The van der Waals surface area contributed by atoms with E-state index in [-0.39, 0.29) is 11.7 Å². The number of nitrogens with zero attached hydrogens (tertiary/aromatic N) is 3. The van der Waals surface area contributed by atoms with Crippen molar-refractivity contribution in [1.82, 2.24) is 14.8 Å². The zero-order valence-electron chi connectivity index (χ0n) is 7.19. The summed E-state index contributed by atoms with van der Waals surface area (Å²) < 4.78 is 1.38. The quantitative estimate of drug-likeness (QED) is 0.627. The van der Waals surface area contributed by atoms with E-state index in [1.54, 1.807) is 0 Å². The third-order valence-electron chi connectivity index (χ3n) is 1.50. The molecular formula is C8H11N3O. The average molecular weight is 165 g/mol. The molecular weight excluding hydrogens is 154 g/mol. The monoisotopic (exact) mass is 165 g/mol. The second-order valence-electron chi connectivity index (χ2n) is 2.81. The number of ketones is 1. The smallest absolute Gasteiger partial charge is 0.183 e. The lowest BCUT2D eigenvalue weighted by molar-refractivity contribution is -0.116. The second-order valence-corrected chi connectivity index (χ2v) is 2.81. The first-order valence-electron chi connectivity index (χ1n) is 3.71. The third kappa shape index (κ3) is 1.58. The number of hydrogen-bond donors (Lipinski definition) is 0. The Bertz CT molecular complexity index is 287. The molecule has 4 nitrogen and oxygen atoms in total. The van der Waals surface area contributed by atoms with Gasteiger partial charge in [-0.25, -0.2) is 9.67 Å². The van der Waals surface area contributed by atoms with Crippen molar-refractivity contribution < 1.29 is 4.79 Å². The van der Waals surface area contributed by atoms with Crippen molar-refractivity contribution in [2.75, 3.05) is 0 Å². The lowest BCUT2D eigenvalue weighted by atomic mass is 10.1. The summed E-state index contributed by atoms with van der Waals surface area (Å²) in [5, 5.41) is 3.80. The standard InChI is InChI=1S/C8H11N3O/c1-6(2)8(12)7(3)11-5-9-4-10-11/h4-6H,3H2,1-2H3. The van der Waals surface area contributed by atoms with Crippen LogP contribution in [0.2, 0.25) is 0 Å². The Balaban J connectivity index is 2.80. The summed E-state index contributed by atoms with van der Waals surface area (Å²) in [6.07, 6.45) is 2.83. The molecule has 0 N–H and O–H groups in total. The minimum atomic E-state index is -0.0540. The van der Waals surface area contributed by atoms with Gasteiger partial charge in [0.2, 0.25) is 0 Å². The molecule has 0 unspecified atom stereocenters. The first-order valence-corrected chi connectivity index (χ1v) is 3.71. The topological polar surface area (TPSA) is 47.8 Å². The molecule has 0 aliphatic heterocycles. The van der Waals surface area contributed by atoms with Crippen LogP contribution >= 0.6 is 0 Å². The number of carbonyl (C=O) groups is 1. The van der Waals surface area contributed by atoms with Gasteiger partial charge in [0.15, 0.2) is 5.78 Å². The minimum Gasteiger partial charge on any atom is -0.292 e. The van der Waals surface area contributed by atoms with Gasteiger partial charge >= 0.3 is 0 Å². The molecule has 4 heteroatoms. The van der Waals surface area contributed by atoms with Crippen molar-refractivity contribution in [3.63, 3.8) is 0 Å². The summed E-state index contributed by atoms with van der Waals surface area (Å²) in [6.45, 7) is 7.28. The zero-order valence-corrected chi connectivity index (χ0v) is 7.19. The molecule has 0 aliphatic rings. The fraction of sp³-hybridized carbons (Fsp3) is 0.375. The summed E-state index contributed by atoms with van der Waals surface area (Å²) in [5.74, 6) is -0.0674. The van der Waals surface area contributed by atoms with Gasteiger partial charge in [0.25, 0.3) is 0 Å². The van der Waals surface area contributed by atoms with Crippen LogP contribution in [-0.4, -0.2) is 20.5 Å². The summed E-state index contributed by atoms with van der Waals surface area (Å²) in [5.41, 5.74) is 0.363. The zero-order chi connectivity index (χ0) is 9.14. The van der Waals surface area contributed by atoms with E-state index < -0.39 is 0 Å². The second kappa shape index (κ2) is 3.30. The Morgan fingerprint density at radius 1 is 1.58 bits per heavy atom. The van der Waals surface area contributed by atoms with Gasteiger partial charge in [-0.1, -0.05) is 20.4 Å². The fourth-order valence-corrected chi connectivity index (χ4v) is 0.794. The molecule has 0 aliphatic carbocycles. The van der Waals surface area contributed by atoms with Gasteiger partial charge in [0.1, 0.15) is 18.4 Å². The molecule has 0 bridgehead atoms. The van der Waals surface area contributed by atoms with Gasteiger partial charge in [-0.3, -0.25) is 4.79 Å². The number of aromatic nitrogens is 3. The third-order valence-corrected chi connectivity index (χ3v) is 1.50. The molecule has 0 saturated heterocycles. The minimum absolute atomic E-state index is 0.0134. The normalized spacial score (nSPS) is 10.2. The maximum atomic E-state index is 11.4. The van der Waals surface area contributed by atoms with Crippen molar-refractivity contribution in [2.24, 2.45) is 5.92 Å². The van der Waals surface area contributed by atoms with Crippen LogP contribution in [-0.2, 0) is 4.79 Å². The molecule has 1 heterocycles. The highest BCUT2D eigenvalue weighted by molar-refractivity contribution is 6.14. The highest BCUT2D eigenvalue weighted by Crippen LogP contribution is 2.06. The lowest BCUT2D eigenvalue weighted by Gasteiger charge is -2.05. The van der Waals surface area contributed by atoms with Crippen molar-refractivity contribution in [2.45, 2.75) is 13.8 Å². The maximum absolute atomic E-state index is 11.4. The molecule has 0 spiro atoms. The summed E-state index contributed by atoms with van der Waals surface area (Å²) in [7, 11) is 0. The first kappa shape index (κ1) is 8.64. The van der Waals surface area contributed by atoms with Crippen molar-refractivity contribution in [1.29, 1.82) is 0 Å².